The summed E-state index contributed by atoms with van der Waals surface area (Å²) in [5.74, 6) is 2.28. The lowest BCUT2D eigenvalue weighted by molar-refractivity contribution is 0.394. The molecule has 33 heavy (non-hydrogen) atoms. The van der Waals surface area contributed by atoms with Crippen molar-refractivity contribution >= 4 is 17.2 Å². The van der Waals surface area contributed by atoms with Gasteiger partial charge in [0.1, 0.15) is 11.5 Å². The Morgan fingerprint density at radius 3 is 1.45 bits per heavy atom. The molecule has 6 nitrogen and oxygen atoms in total. The Morgan fingerprint density at radius 1 is 0.485 bits per heavy atom. The average Bonchev–Trinajstić information content (AvgIpc) is 2.88. The van der Waals surface area contributed by atoms with Crippen LogP contribution in [0.5, 0.6) is 23.1 Å². The molecule has 4 aromatic carbocycles. The summed E-state index contributed by atoms with van der Waals surface area (Å²) < 4.78 is 12.4. The topological polar surface area (TPSA) is 60.4 Å². The van der Waals surface area contributed by atoms with Gasteiger partial charge < -0.3 is 9.47 Å². The Labute approximate surface area is 191 Å². The van der Waals surface area contributed by atoms with Crippen LogP contribution in [0.2, 0.25) is 0 Å². The summed E-state index contributed by atoms with van der Waals surface area (Å²) in [6.07, 6.45) is 0. The van der Waals surface area contributed by atoms with E-state index in [9.17, 15) is 0 Å². The van der Waals surface area contributed by atoms with Gasteiger partial charge >= 0.3 is 0 Å². The molecule has 0 aliphatic heterocycles. The largest absolute Gasteiger partial charge is 0.448 e. The van der Waals surface area contributed by atoms with E-state index in [0.29, 0.717) is 23.1 Å². The monoisotopic (exact) mass is 432 g/mol. The van der Waals surface area contributed by atoms with Crippen molar-refractivity contribution < 1.29 is 9.47 Å². The molecule has 0 saturated carbocycles. The van der Waals surface area contributed by atoms with Gasteiger partial charge in [0.15, 0.2) is 0 Å². The van der Waals surface area contributed by atoms with Gasteiger partial charge in [-0.1, -0.05) is 77.9 Å². The molecule has 6 heteroatoms. The molecule has 1 heterocycles. The summed E-state index contributed by atoms with van der Waals surface area (Å²) in [4.78, 5) is 1.96. The molecule has 1 aromatic heterocycles. The highest BCUT2D eigenvalue weighted by Gasteiger charge is 2.25. The van der Waals surface area contributed by atoms with E-state index < -0.39 is 0 Å². The van der Waals surface area contributed by atoms with Crippen LogP contribution in [-0.2, 0) is 0 Å². The SMILES string of the molecule is c1ccc(Oc2nnnc(N(c3ccccc3)c3ccccc3)c2Oc2ccccc2)cc1. The van der Waals surface area contributed by atoms with Gasteiger partial charge in [0.25, 0.3) is 5.88 Å². The molecule has 0 fully saturated rings. The van der Waals surface area contributed by atoms with E-state index in [1.807, 2.05) is 126 Å². The quantitative estimate of drug-likeness (QED) is 0.278. The molecule has 160 valence electrons. The van der Waals surface area contributed by atoms with Crippen molar-refractivity contribution in [1.82, 2.24) is 15.4 Å². The first-order valence-electron chi connectivity index (χ1n) is 10.5. The number of rotatable bonds is 7. The number of ether oxygens (including phenoxy) is 2. The minimum absolute atomic E-state index is 0.215. The van der Waals surface area contributed by atoms with Gasteiger partial charge in [0.2, 0.25) is 11.6 Å². The van der Waals surface area contributed by atoms with Crippen molar-refractivity contribution in [3.05, 3.63) is 121 Å². The summed E-state index contributed by atoms with van der Waals surface area (Å²) in [6, 6.07) is 38.7. The third-order valence-electron chi connectivity index (χ3n) is 4.83. The second-order valence-corrected chi connectivity index (χ2v) is 7.08. The number of hydrogen-bond acceptors (Lipinski definition) is 6. The van der Waals surface area contributed by atoms with E-state index in [2.05, 4.69) is 15.4 Å². The number of aromatic nitrogens is 3. The zero-order valence-corrected chi connectivity index (χ0v) is 17.7. The Morgan fingerprint density at radius 2 is 0.939 bits per heavy atom. The molecule has 0 saturated heterocycles. The van der Waals surface area contributed by atoms with Crippen LogP contribution < -0.4 is 14.4 Å². The number of nitrogens with zero attached hydrogens (tertiary/aromatic N) is 4. The average molecular weight is 432 g/mol. The number of hydrogen-bond donors (Lipinski definition) is 0. The highest BCUT2D eigenvalue weighted by atomic mass is 16.5. The van der Waals surface area contributed by atoms with E-state index in [-0.39, 0.29) is 5.88 Å². The van der Waals surface area contributed by atoms with Gasteiger partial charge in [0.05, 0.1) is 0 Å². The fourth-order valence-corrected chi connectivity index (χ4v) is 3.35. The molecule has 0 unspecified atom stereocenters. The highest BCUT2D eigenvalue weighted by Crippen LogP contribution is 2.44. The summed E-state index contributed by atoms with van der Waals surface area (Å²) in [7, 11) is 0. The first kappa shape index (κ1) is 20.2. The van der Waals surface area contributed by atoms with Crippen LogP contribution in [0.15, 0.2) is 121 Å². The van der Waals surface area contributed by atoms with Crippen molar-refractivity contribution in [3.63, 3.8) is 0 Å². The zero-order chi connectivity index (χ0) is 22.3. The molecule has 0 radical (unpaired) electrons. The smallest absolute Gasteiger partial charge is 0.288 e. The fraction of sp³-hybridized carbons (Fsp3) is 0. The zero-order valence-electron chi connectivity index (χ0n) is 17.7. The van der Waals surface area contributed by atoms with Crippen molar-refractivity contribution in [3.8, 4) is 23.1 Å². The van der Waals surface area contributed by atoms with Crippen LogP contribution in [0.1, 0.15) is 0 Å². The van der Waals surface area contributed by atoms with Gasteiger partial charge in [0, 0.05) is 11.4 Å². The summed E-state index contributed by atoms with van der Waals surface area (Å²) in [6.45, 7) is 0. The van der Waals surface area contributed by atoms with Gasteiger partial charge in [-0.15, -0.1) is 5.10 Å². The molecule has 0 N–H and O–H groups in total. The van der Waals surface area contributed by atoms with E-state index in [0.717, 1.165) is 11.4 Å². The first-order valence-corrected chi connectivity index (χ1v) is 10.5. The van der Waals surface area contributed by atoms with Gasteiger partial charge in [-0.3, -0.25) is 4.90 Å². The minimum atomic E-state index is 0.215. The van der Waals surface area contributed by atoms with Crippen LogP contribution in [0, 0.1) is 0 Å². The number of para-hydroxylation sites is 4. The molecular formula is C27H20N4O2. The van der Waals surface area contributed by atoms with E-state index in [1.165, 1.54) is 0 Å². The second kappa shape index (κ2) is 9.62. The third kappa shape index (κ3) is 4.65. The lowest BCUT2D eigenvalue weighted by Gasteiger charge is -2.25. The van der Waals surface area contributed by atoms with Crippen LogP contribution in [-0.4, -0.2) is 15.4 Å². The van der Waals surface area contributed by atoms with E-state index in [1.54, 1.807) is 0 Å². The van der Waals surface area contributed by atoms with Gasteiger partial charge in [-0.05, 0) is 53.7 Å². The Balaban J connectivity index is 1.68. The third-order valence-corrected chi connectivity index (χ3v) is 4.83. The Hall–Kier alpha value is -4.71. The molecule has 5 rings (SSSR count). The number of benzene rings is 4. The summed E-state index contributed by atoms with van der Waals surface area (Å²) in [5, 5.41) is 12.6. The normalized spacial score (nSPS) is 10.4. The van der Waals surface area contributed by atoms with E-state index >= 15 is 0 Å². The second-order valence-electron chi connectivity index (χ2n) is 7.08. The summed E-state index contributed by atoms with van der Waals surface area (Å²) >= 11 is 0. The van der Waals surface area contributed by atoms with Crippen LogP contribution in [0.4, 0.5) is 17.2 Å². The van der Waals surface area contributed by atoms with Gasteiger partial charge in [-0.2, -0.15) is 0 Å². The van der Waals surface area contributed by atoms with Crippen molar-refractivity contribution in [2.75, 3.05) is 4.90 Å². The van der Waals surface area contributed by atoms with Gasteiger partial charge in [-0.25, -0.2) is 0 Å². The lowest BCUT2D eigenvalue weighted by Crippen LogP contribution is -2.14. The van der Waals surface area contributed by atoms with Crippen LogP contribution in [0.3, 0.4) is 0 Å². The predicted molar refractivity (Wildman–Crippen MR) is 128 cm³/mol. The van der Waals surface area contributed by atoms with Crippen LogP contribution >= 0.6 is 0 Å². The maximum atomic E-state index is 6.31. The summed E-state index contributed by atoms with van der Waals surface area (Å²) in [5.41, 5.74) is 1.79. The Kier molecular flexibility index (Phi) is 5.89. The molecular weight excluding hydrogens is 412 g/mol. The molecule has 0 atom stereocenters. The maximum Gasteiger partial charge on any atom is 0.288 e. The van der Waals surface area contributed by atoms with Crippen LogP contribution in [0.25, 0.3) is 0 Å². The minimum Gasteiger partial charge on any atom is -0.448 e. The number of anilines is 3. The van der Waals surface area contributed by atoms with Crippen molar-refractivity contribution in [2.45, 2.75) is 0 Å². The molecule has 5 aromatic rings. The molecule has 0 amide bonds. The Bertz CT molecular complexity index is 1260. The maximum absolute atomic E-state index is 6.31. The lowest BCUT2D eigenvalue weighted by atomic mass is 10.2. The fourth-order valence-electron chi connectivity index (χ4n) is 3.35. The van der Waals surface area contributed by atoms with Crippen molar-refractivity contribution in [2.24, 2.45) is 0 Å². The molecule has 0 spiro atoms. The molecule has 0 aliphatic rings. The standard InChI is InChI=1S/C27H20N4O2/c1-5-13-21(14-6-1)31(22-15-7-2-8-16-22)26-25(32-23-17-9-3-10-18-23)27(29-30-28-26)33-24-19-11-4-12-20-24/h1-20H. The first-order chi connectivity index (χ1) is 16.4. The highest BCUT2D eigenvalue weighted by molar-refractivity contribution is 5.78. The van der Waals surface area contributed by atoms with E-state index in [4.69, 9.17) is 9.47 Å². The van der Waals surface area contributed by atoms with Crippen molar-refractivity contribution in [1.29, 1.82) is 0 Å². The molecule has 0 bridgehead atoms. The predicted octanol–water partition coefficient (Wildman–Crippen LogP) is 6.93. The molecule has 0 aliphatic carbocycles.